The number of aryl methyl sites for hydroxylation is 1. The summed E-state index contributed by atoms with van der Waals surface area (Å²) in [6.07, 6.45) is 10.1. The minimum atomic E-state index is -0.894. The van der Waals surface area contributed by atoms with Crippen molar-refractivity contribution in [2.75, 3.05) is 25.0 Å². The Balaban J connectivity index is 0.000000320. The molecule has 0 radical (unpaired) electrons. The van der Waals surface area contributed by atoms with Gasteiger partial charge in [-0.05, 0) is 82.6 Å². The molecule has 0 unspecified atom stereocenters. The highest BCUT2D eigenvalue weighted by atomic mass is 35.5. The molecule has 39 heavy (non-hydrogen) atoms. The summed E-state index contributed by atoms with van der Waals surface area (Å²) in [5.41, 5.74) is 3.10. The van der Waals surface area contributed by atoms with Crippen LogP contribution in [0.2, 0.25) is 10.0 Å². The van der Waals surface area contributed by atoms with E-state index in [4.69, 9.17) is 23.2 Å². The first-order valence-electron chi connectivity index (χ1n) is 13.5. The number of aromatic nitrogens is 2. The molecule has 0 amide bonds. The summed E-state index contributed by atoms with van der Waals surface area (Å²) in [5.74, 6) is -1.42. The normalized spacial score (nSPS) is 13.8. The van der Waals surface area contributed by atoms with E-state index in [-0.39, 0.29) is 6.54 Å². The zero-order chi connectivity index (χ0) is 28.2. The summed E-state index contributed by atoms with van der Waals surface area (Å²) in [4.78, 5) is 15.7. The zero-order valence-corrected chi connectivity index (χ0v) is 24.4. The van der Waals surface area contributed by atoms with Crippen molar-refractivity contribution in [3.8, 4) is 0 Å². The van der Waals surface area contributed by atoms with Gasteiger partial charge in [0.05, 0.1) is 21.9 Å². The van der Waals surface area contributed by atoms with Gasteiger partial charge in [0, 0.05) is 17.8 Å². The molecule has 1 saturated heterocycles. The summed E-state index contributed by atoms with van der Waals surface area (Å²) in [5, 5.41) is 4.00. The fraction of sp³-hybridized carbons (Fsp3) is 0.433. The summed E-state index contributed by atoms with van der Waals surface area (Å²) in [7, 11) is 0. The lowest BCUT2D eigenvalue weighted by molar-refractivity contribution is 0.328. The standard InChI is InChI=1S/C20H16Cl2F2N4.C10H21N/c1-11-18(27-12(2)19-14(21)4-3-5-15(19)22)10-26-20(28-11)25-9-13-6-7-16(23)17(24)8-13;1-2-3-4-5-8-11-9-6-7-10-11/h3-8,10H,9H2,1-2H3,(H,25,26,28);2-10H2,1H3. The lowest BCUT2D eigenvalue weighted by atomic mass is 10.1. The molecule has 1 aromatic heterocycles. The number of benzene rings is 2. The number of unbranched alkanes of at least 4 members (excludes halogenated alkanes) is 3. The number of rotatable bonds is 10. The summed E-state index contributed by atoms with van der Waals surface area (Å²) in [6.45, 7) is 10.2. The summed E-state index contributed by atoms with van der Waals surface area (Å²) in [6, 6.07) is 8.97. The minimum Gasteiger partial charge on any atom is -0.350 e. The molecule has 0 aliphatic carbocycles. The van der Waals surface area contributed by atoms with Crippen molar-refractivity contribution in [3.05, 3.63) is 81.1 Å². The zero-order valence-electron chi connectivity index (χ0n) is 22.9. The quantitative estimate of drug-likeness (QED) is 0.194. The van der Waals surface area contributed by atoms with Crippen LogP contribution >= 0.6 is 23.2 Å². The van der Waals surface area contributed by atoms with E-state index in [1.54, 1.807) is 31.3 Å². The van der Waals surface area contributed by atoms with Crippen LogP contribution in [0, 0.1) is 18.6 Å². The maximum atomic E-state index is 13.3. The van der Waals surface area contributed by atoms with E-state index < -0.39 is 11.6 Å². The van der Waals surface area contributed by atoms with Crippen molar-refractivity contribution < 1.29 is 8.78 Å². The molecule has 2 aromatic carbocycles. The molecule has 1 aliphatic heterocycles. The van der Waals surface area contributed by atoms with Crippen LogP contribution in [0.1, 0.15) is 69.2 Å². The predicted molar refractivity (Wildman–Crippen MR) is 159 cm³/mol. The Bertz CT molecular complexity index is 1230. The highest BCUT2D eigenvalue weighted by Gasteiger charge is 2.11. The van der Waals surface area contributed by atoms with Crippen molar-refractivity contribution in [3.63, 3.8) is 0 Å². The van der Waals surface area contributed by atoms with E-state index in [1.165, 1.54) is 64.2 Å². The third-order valence-corrected chi connectivity index (χ3v) is 7.16. The molecule has 3 aromatic rings. The van der Waals surface area contributed by atoms with Crippen LogP contribution in [0.15, 0.2) is 47.6 Å². The molecule has 0 atom stereocenters. The number of hydrogen-bond acceptors (Lipinski definition) is 5. The van der Waals surface area contributed by atoms with Gasteiger partial charge in [0.15, 0.2) is 11.6 Å². The number of aliphatic imine (C=N–C) groups is 1. The van der Waals surface area contributed by atoms with E-state index in [0.29, 0.717) is 44.2 Å². The van der Waals surface area contributed by atoms with Crippen LogP contribution in [0.5, 0.6) is 0 Å². The van der Waals surface area contributed by atoms with Crippen LogP contribution < -0.4 is 5.32 Å². The average Bonchev–Trinajstić information content (AvgIpc) is 3.43. The maximum absolute atomic E-state index is 13.3. The average molecular weight is 577 g/mol. The van der Waals surface area contributed by atoms with Gasteiger partial charge in [0.25, 0.3) is 0 Å². The monoisotopic (exact) mass is 575 g/mol. The third kappa shape index (κ3) is 9.82. The summed E-state index contributed by atoms with van der Waals surface area (Å²) >= 11 is 12.4. The van der Waals surface area contributed by atoms with E-state index >= 15 is 0 Å². The van der Waals surface area contributed by atoms with Gasteiger partial charge in [-0.25, -0.2) is 23.7 Å². The number of nitrogens with one attached hydrogen (secondary N) is 1. The smallest absolute Gasteiger partial charge is 0.223 e. The highest BCUT2D eigenvalue weighted by Crippen LogP contribution is 2.27. The number of anilines is 1. The molecule has 9 heteroatoms. The SMILES string of the molecule is CC(=Nc1cnc(NCc2ccc(F)c(F)c2)nc1C)c1c(Cl)cccc1Cl.CCCCCCN1CCCC1. The Morgan fingerprint density at radius 1 is 1.03 bits per heavy atom. The largest absolute Gasteiger partial charge is 0.350 e. The van der Waals surface area contributed by atoms with Gasteiger partial charge < -0.3 is 10.2 Å². The molecule has 4 rings (SSSR count). The Morgan fingerprint density at radius 3 is 2.38 bits per heavy atom. The number of hydrogen-bond donors (Lipinski definition) is 1. The van der Waals surface area contributed by atoms with Crippen LogP contribution in [-0.4, -0.2) is 40.2 Å². The van der Waals surface area contributed by atoms with Crippen molar-refractivity contribution in [2.24, 2.45) is 4.99 Å². The molecule has 5 nitrogen and oxygen atoms in total. The van der Waals surface area contributed by atoms with Crippen molar-refractivity contribution in [1.82, 2.24) is 14.9 Å². The van der Waals surface area contributed by atoms with E-state index in [9.17, 15) is 8.78 Å². The van der Waals surface area contributed by atoms with Crippen molar-refractivity contribution in [1.29, 1.82) is 0 Å². The van der Waals surface area contributed by atoms with Gasteiger partial charge in [-0.1, -0.05) is 61.5 Å². The fourth-order valence-corrected chi connectivity index (χ4v) is 5.01. The highest BCUT2D eigenvalue weighted by molar-refractivity contribution is 6.40. The van der Waals surface area contributed by atoms with Crippen LogP contribution in [0.25, 0.3) is 0 Å². The first kappa shape index (κ1) is 30.9. The lowest BCUT2D eigenvalue weighted by Crippen LogP contribution is -2.20. The molecule has 1 fully saturated rings. The Labute approximate surface area is 240 Å². The van der Waals surface area contributed by atoms with Gasteiger partial charge in [-0.15, -0.1) is 0 Å². The second kappa shape index (κ2) is 15.8. The van der Waals surface area contributed by atoms with E-state index in [1.807, 2.05) is 6.92 Å². The molecular weight excluding hydrogens is 539 g/mol. The van der Waals surface area contributed by atoms with Gasteiger partial charge >= 0.3 is 0 Å². The Hall–Kier alpha value is -2.61. The molecule has 0 spiro atoms. The van der Waals surface area contributed by atoms with Crippen LogP contribution in [0.3, 0.4) is 0 Å². The molecule has 2 heterocycles. The molecule has 0 saturated carbocycles. The minimum absolute atomic E-state index is 0.257. The molecular formula is C30H37Cl2F2N5. The van der Waals surface area contributed by atoms with Gasteiger partial charge in [0.1, 0.15) is 5.69 Å². The number of likely N-dealkylation sites (tertiary alicyclic amines) is 1. The van der Waals surface area contributed by atoms with Crippen molar-refractivity contribution >= 4 is 40.5 Å². The molecule has 0 bridgehead atoms. The number of nitrogens with zero attached hydrogens (tertiary/aromatic N) is 4. The second-order valence-electron chi connectivity index (χ2n) is 9.67. The second-order valence-corrected chi connectivity index (χ2v) is 10.5. The predicted octanol–water partition coefficient (Wildman–Crippen LogP) is 8.79. The molecule has 210 valence electrons. The van der Waals surface area contributed by atoms with Crippen molar-refractivity contribution in [2.45, 2.75) is 65.8 Å². The van der Waals surface area contributed by atoms with Crippen LogP contribution in [0.4, 0.5) is 20.4 Å². The van der Waals surface area contributed by atoms with Gasteiger partial charge in [0.2, 0.25) is 5.95 Å². The van der Waals surface area contributed by atoms with E-state index in [0.717, 1.165) is 12.1 Å². The lowest BCUT2D eigenvalue weighted by Gasteiger charge is -2.13. The summed E-state index contributed by atoms with van der Waals surface area (Å²) < 4.78 is 26.3. The molecule has 1 N–H and O–H groups in total. The Kier molecular flexibility index (Phi) is 12.6. The third-order valence-electron chi connectivity index (χ3n) is 6.53. The van der Waals surface area contributed by atoms with Crippen LogP contribution in [-0.2, 0) is 6.54 Å². The van der Waals surface area contributed by atoms with Gasteiger partial charge in [-0.2, -0.15) is 0 Å². The van der Waals surface area contributed by atoms with Gasteiger partial charge in [-0.3, -0.25) is 0 Å². The number of halogens is 4. The first-order valence-corrected chi connectivity index (χ1v) is 14.3. The maximum Gasteiger partial charge on any atom is 0.223 e. The topological polar surface area (TPSA) is 53.4 Å². The fourth-order valence-electron chi connectivity index (χ4n) is 4.33. The molecule has 1 aliphatic rings. The Morgan fingerprint density at radius 2 is 1.74 bits per heavy atom. The first-order chi connectivity index (χ1) is 18.8. The van der Waals surface area contributed by atoms with E-state index in [2.05, 4.69) is 32.1 Å².